The third-order valence-corrected chi connectivity index (χ3v) is 5.24. The van der Waals surface area contributed by atoms with Crippen LogP contribution in [0.3, 0.4) is 0 Å². The highest BCUT2D eigenvalue weighted by Gasteiger charge is 2.20. The van der Waals surface area contributed by atoms with Gasteiger partial charge in [-0.15, -0.1) is 0 Å². The number of thioether (sulfide) groups is 1. The maximum Gasteiger partial charge on any atom is 0.289 e. The maximum atomic E-state index is 12.9. The summed E-state index contributed by atoms with van der Waals surface area (Å²) in [5.41, 5.74) is -0.133. The van der Waals surface area contributed by atoms with Crippen LogP contribution >= 0.6 is 23.4 Å². The van der Waals surface area contributed by atoms with Crippen molar-refractivity contribution in [3.05, 3.63) is 63.5 Å². The number of alkyl halides is 2. The van der Waals surface area contributed by atoms with E-state index in [1.54, 1.807) is 44.2 Å². The minimum Gasteiger partial charge on any atom is -0.319 e. The van der Waals surface area contributed by atoms with Gasteiger partial charge in [-0.2, -0.15) is 13.9 Å². The van der Waals surface area contributed by atoms with Crippen molar-refractivity contribution in [3.8, 4) is 0 Å². The van der Waals surface area contributed by atoms with Crippen LogP contribution in [0.15, 0.2) is 52.2 Å². The highest BCUT2D eigenvalue weighted by molar-refractivity contribution is 7.99. The van der Waals surface area contributed by atoms with Crippen molar-refractivity contribution in [3.63, 3.8) is 0 Å². The summed E-state index contributed by atoms with van der Waals surface area (Å²) in [6.45, 7) is 3.55. The summed E-state index contributed by atoms with van der Waals surface area (Å²) >= 11 is 6.27. The molecule has 3 aromatic rings. The molecule has 1 N–H and O–H groups in total. The third kappa shape index (κ3) is 4.02. The van der Waals surface area contributed by atoms with Crippen LogP contribution in [0.4, 0.5) is 14.5 Å². The van der Waals surface area contributed by atoms with Crippen LogP contribution in [0.5, 0.6) is 0 Å². The number of hydrogen-bond donors (Lipinski definition) is 1. The summed E-state index contributed by atoms with van der Waals surface area (Å²) in [7, 11) is 0. The number of amides is 1. The zero-order valence-electron chi connectivity index (χ0n) is 14.9. The van der Waals surface area contributed by atoms with E-state index < -0.39 is 11.7 Å². The van der Waals surface area contributed by atoms with Gasteiger partial charge in [-0.05, 0) is 32.0 Å². The van der Waals surface area contributed by atoms with Crippen molar-refractivity contribution in [2.45, 2.75) is 30.5 Å². The molecule has 3 rings (SSSR count). The van der Waals surface area contributed by atoms with Gasteiger partial charge in [0.15, 0.2) is 5.69 Å². The average molecular weight is 424 g/mol. The molecule has 2 aromatic carbocycles. The van der Waals surface area contributed by atoms with Crippen molar-refractivity contribution >= 4 is 45.7 Å². The summed E-state index contributed by atoms with van der Waals surface area (Å²) in [4.78, 5) is 25.6. The predicted molar refractivity (Wildman–Crippen MR) is 108 cm³/mol. The number of rotatable bonds is 5. The summed E-state index contributed by atoms with van der Waals surface area (Å²) in [6, 6.07) is 10.9. The Morgan fingerprint density at radius 3 is 2.46 bits per heavy atom. The zero-order chi connectivity index (χ0) is 20.4. The lowest BCUT2D eigenvalue weighted by Gasteiger charge is -2.15. The zero-order valence-corrected chi connectivity index (χ0v) is 16.5. The molecule has 0 unspecified atom stereocenters. The molecule has 0 spiro atoms. The van der Waals surface area contributed by atoms with E-state index in [0.29, 0.717) is 10.8 Å². The quantitative estimate of drug-likeness (QED) is 0.573. The first-order chi connectivity index (χ1) is 13.3. The van der Waals surface area contributed by atoms with Gasteiger partial charge in [0.1, 0.15) is 0 Å². The van der Waals surface area contributed by atoms with Crippen molar-refractivity contribution in [1.29, 1.82) is 0 Å². The first kappa shape index (κ1) is 20.3. The van der Waals surface area contributed by atoms with E-state index in [2.05, 4.69) is 10.4 Å². The van der Waals surface area contributed by atoms with E-state index in [1.165, 1.54) is 16.8 Å². The van der Waals surface area contributed by atoms with Gasteiger partial charge >= 0.3 is 0 Å². The molecule has 9 heteroatoms. The number of carbonyl (C=O) groups excluding carboxylic acids is 1. The number of carbonyl (C=O) groups is 1. The Balaban J connectivity index is 2.10. The van der Waals surface area contributed by atoms with Crippen molar-refractivity contribution in [1.82, 2.24) is 9.78 Å². The number of benzene rings is 2. The van der Waals surface area contributed by atoms with Gasteiger partial charge in [0, 0.05) is 5.39 Å². The van der Waals surface area contributed by atoms with Crippen LogP contribution in [0.1, 0.15) is 30.4 Å². The molecule has 28 heavy (non-hydrogen) atoms. The molecule has 5 nitrogen and oxygen atoms in total. The number of anilines is 1. The predicted octanol–water partition coefficient (Wildman–Crippen LogP) is 5.20. The molecule has 146 valence electrons. The molecule has 1 amide bonds. The highest BCUT2D eigenvalue weighted by atomic mass is 35.5. The summed E-state index contributed by atoms with van der Waals surface area (Å²) in [6.07, 6.45) is 0. The fraction of sp³-hybridized carbons (Fsp3) is 0.211. The molecule has 0 aliphatic rings. The molecular weight excluding hydrogens is 408 g/mol. The fourth-order valence-corrected chi connectivity index (χ4v) is 3.63. The number of nitrogens with zero attached hydrogens (tertiary/aromatic N) is 2. The molecule has 0 atom stereocenters. The van der Waals surface area contributed by atoms with Gasteiger partial charge in [0.2, 0.25) is 0 Å². The van der Waals surface area contributed by atoms with Gasteiger partial charge in [-0.25, -0.2) is 4.68 Å². The Hall–Kier alpha value is -2.45. The Morgan fingerprint density at radius 1 is 1.14 bits per heavy atom. The molecular formula is C19H16ClF2N3O2S. The Labute approximate surface area is 168 Å². The molecule has 0 saturated heterocycles. The number of hydrogen-bond acceptors (Lipinski definition) is 4. The maximum absolute atomic E-state index is 12.9. The lowest BCUT2D eigenvalue weighted by Crippen LogP contribution is -2.29. The number of nitrogens with one attached hydrogen (secondary N) is 1. The molecule has 0 fully saturated rings. The monoisotopic (exact) mass is 423 g/mol. The van der Waals surface area contributed by atoms with E-state index >= 15 is 0 Å². The molecule has 0 saturated carbocycles. The molecule has 0 bridgehead atoms. The Bertz CT molecular complexity index is 1100. The first-order valence-electron chi connectivity index (χ1n) is 8.35. The van der Waals surface area contributed by atoms with Crippen molar-refractivity contribution in [2.24, 2.45) is 0 Å². The second kappa shape index (κ2) is 8.28. The second-order valence-corrected chi connectivity index (χ2v) is 7.59. The Kier molecular flexibility index (Phi) is 6.00. The van der Waals surface area contributed by atoms with Crippen LogP contribution < -0.4 is 10.9 Å². The van der Waals surface area contributed by atoms with Crippen LogP contribution in [-0.2, 0) is 0 Å². The van der Waals surface area contributed by atoms with Gasteiger partial charge in [0.05, 0.1) is 27.0 Å². The molecule has 0 aliphatic heterocycles. The highest BCUT2D eigenvalue weighted by Crippen LogP contribution is 2.37. The van der Waals surface area contributed by atoms with Gasteiger partial charge < -0.3 is 5.32 Å². The lowest BCUT2D eigenvalue weighted by molar-refractivity contribution is 0.102. The normalized spacial score (nSPS) is 11.4. The summed E-state index contributed by atoms with van der Waals surface area (Å²) in [5.74, 6) is -3.32. The number of fused-ring (bicyclic) bond motifs is 1. The second-order valence-electron chi connectivity index (χ2n) is 6.19. The van der Waals surface area contributed by atoms with E-state index in [4.69, 9.17) is 11.6 Å². The lowest BCUT2D eigenvalue weighted by atomic mass is 10.1. The number of halogens is 3. The molecule has 1 aromatic heterocycles. The standard InChI is InChI=1S/C19H16ClF2N3O2S/c1-10(2)25-18(27)12-7-4-3-6-11(12)15(24-25)17(26)23-14-9-5-8-13(20)16(14)28-19(21)22/h3-10,19H,1-2H3,(H,23,26). The summed E-state index contributed by atoms with van der Waals surface area (Å²) in [5, 5.41) is 7.65. The molecule has 0 aliphatic carbocycles. The Morgan fingerprint density at radius 2 is 1.82 bits per heavy atom. The summed E-state index contributed by atoms with van der Waals surface area (Å²) < 4.78 is 27.0. The van der Waals surface area contributed by atoms with Gasteiger partial charge in [-0.1, -0.05) is 47.6 Å². The minimum atomic E-state index is -2.70. The van der Waals surface area contributed by atoms with Crippen LogP contribution in [0.25, 0.3) is 10.8 Å². The molecule has 0 radical (unpaired) electrons. The fourth-order valence-electron chi connectivity index (χ4n) is 2.72. The molecule has 1 heterocycles. The van der Waals surface area contributed by atoms with Crippen molar-refractivity contribution < 1.29 is 13.6 Å². The SMILES string of the molecule is CC(C)n1nc(C(=O)Nc2cccc(Cl)c2SC(F)F)c2ccccc2c1=O. The first-order valence-corrected chi connectivity index (χ1v) is 9.61. The third-order valence-electron chi connectivity index (χ3n) is 3.95. The van der Waals surface area contributed by atoms with Crippen LogP contribution in [0, 0.1) is 0 Å². The van der Waals surface area contributed by atoms with Gasteiger partial charge in [-0.3, -0.25) is 9.59 Å². The van der Waals surface area contributed by atoms with E-state index in [0.717, 1.165) is 0 Å². The van der Waals surface area contributed by atoms with Crippen LogP contribution in [-0.4, -0.2) is 21.4 Å². The van der Waals surface area contributed by atoms with Crippen LogP contribution in [0.2, 0.25) is 5.02 Å². The minimum absolute atomic E-state index is 0.0249. The average Bonchev–Trinajstić information content (AvgIpc) is 2.64. The van der Waals surface area contributed by atoms with Gasteiger partial charge in [0.25, 0.3) is 17.2 Å². The smallest absolute Gasteiger partial charge is 0.289 e. The van der Waals surface area contributed by atoms with E-state index in [9.17, 15) is 18.4 Å². The van der Waals surface area contributed by atoms with E-state index in [1.807, 2.05) is 0 Å². The van der Waals surface area contributed by atoms with E-state index in [-0.39, 0.29) is 44.7 Å². The number of aromatic nitrogens is 2. The van der Waals surface area contributed by atoms with Crippen molar-refractivity contribution in [2.75, 3.05) is 5.32 Å². The largest absolute Gasteiger partial charge is 0.319 e. The topological polar surface area (TPSA) is 64.0 Å².